The molecule has 1 heterocycles. The van der Waals surface area contributed by atoms with Crippen molar-refractivity contribution in [3.05, 3.63) is 59.7 Å². The van der Waals surface area contributed by atoms with E-state index in [4.69, 9.17) is 10.5 Å². The Balaban J connectivity index is 1.66. The minimum Gasteiger partial charge on any atom is -0.493 e. The lowest BCUT2D eigenvalue weighted by Gasteiger charge is -2.25. The summed E-state index contributed by atoms with van der Waals surface area (Å²) in [7, 11) is 0. The smallest absolute Gasteiger partial charge is 0.122 e. The number of rotatable bonds is 4. The lowest BCUT2D eigenvalue weighted by Crippen LogP contribution is -2.15. The van der Waals surface area contributed by atoms with E-state index in [1.165, 1.54) is 16.0 Å². The second-order valence-corrected chi connectivity index (χ2v) is 6.12. The van der Waals surface area contributed by atoms with Crippen LogP contribution in [0, 0.1) is 0 Å². The van der Waals surface area contributed by atoms with Crippen LogP contribution in [-0.4, -0.2) is 12.4 Å². The lowest BCUT2D eigenvalue weighted by atomic mass is 9.95. The van der Waals surface area contributed by atoms with Gasteiger partial charge in [-0.3, -0.25) is 0 Å². The van der Waals surface area contributed by atoms with Crippen LogP contribution in [0.3, 0.4) is 0 Å². The molecule has 0 bridgehead atoms. The fraction of sp³-hybridized carbons (Fsp3) is 0.294. The van der Waals surface area contributed by atoms with Crippen LogP contribution in [0.1, 0.15) is 23.5 Å². The molecule has 0 saturated heterocycles. The van der Waals surface area contributed by atoms with Gasteiger partial charge in [0.05, 0.1) is 6.61 Å². The third-order valence-corrected chi connectivity index (χ3v) is 4.87. The third-order valence-electron chi connectivity index (χ3n) is 3.69. The summed E-state index contributed by atoms with van der Waals surface area (Å²) in [5.41, 5.74) is 8.16. The number of ether oxygens (including phenoxy) is 1. The highest BCUT2D eigenvalue weighted by atomic mass is 32.2. The van der Waals surface area contributed by atoms with Crippen LogP contribution in [0.25, 0.3) is 0 Å². The first-order valence-electron chi connectivity index (χ1n) is 7.00. The van der Waals surface area contributed by atoms with E-state index in [2.05, 4.69) is 42.5 Å². The van der Waals surface area contributed by atoms with Crippen LogP contribution < -0.4 is 10.5 Å². The Kier molecular flexibility index (Phi) is 4.28. The molecule has 3 heteroatoms. The SMILES string of the molecule is NCc1ccc(SCC2CCOc3ccccc32)cc1. The average molecular weight is 285 g/mol. The van der Waals surface area contributed by atoms with E-state index in [1.54, 1.807) is 0 Å². The number of thioether (sulfide) groups is 1. The van der Waals surface area contributed by atoms with E-state index in [-0.39, 0.29) is 0 Å². The fourth-order valence-corrected chi connectivity index (χ4v) is 3.58. The molecule has 0 saturated carbocycles. The molecule has 0 amide bonds. The van der Waals surface area contributed by atoms with Crippen molar-refractivity contribution in [1.29, 1.82) is 0 Å². The minimum atomic E-state index is 0.583. The van der Waals surface area contributed by atoms with Gasteiger partial charge in [0.15, 0.2) is 0 Å². The molecule has 1 aliphatic heterocycles. The first-order valence-corrected chi connectivity index (χ1v) is 7.99. The molecule has 1 unspecified atom stereocenters. The van der Waals surface area contributed by atoms with E-state index >= 15 is 0 Å². The highest BCUT2D eigenvalue weighted by Gasteiger charge is 2.20. The minimum absolute atomic E-state index is 0.583. The molecule has 0 fully saturated rings. The van der Waals surface area contributed by atoms with E-state index in [9.17, 15) is 0 Å². The normalized spacial score (nSPS) is 17.4. The fourth-order valence-electron chi connectivity index (χ4n) is 2.51. The van der Waals surface area contributed by atoms with Crippen molar-refractivity contribution in [2.45, 2.75) is 23.8 Å². The van der Waals surface area contributed by atoms with E-state index in [0.717, 1.165) is 24.5 Å². The zero-order valence-electron chi connectivity index (χ0n) is 11.4. The molecule has 2 aromatic carbocycles. The predicted molar refractivity (Wildman–Crippen MR) is 84.4 cm³/mol. The number of nitrogens with two attached hydrogens (primary N) is 1. The summed E-state index contributed by atoms with van der Waals surface area (Å²) >= 11 is 1.91. The van der Waals surface area contributed by atoms with Crippen molar-refractivity contribution >= 4 is 11.8 Å². The zero-order chi connectivity index (χ0) is 13.8. The Hall–Kier alpha value is -1.45. The van der Waals surface area contributed by atoms with Gasteiger partial charge < -0.3 is 10.5 Å². The first-order chi connectivity index (χ1) is 9.86. The van der Waals surface area contributed by atoms with Crippen LogP contribution in [0.5, 0.6) is 5.75 Å². The Morgan fingerprint density at radius 2 is 1.90 bits per heavy atom. The second-order valence-electron chi connectivity index (χ2n) is 5.03. The maximum atomic E-state index is 5.71. The van der Waals surface area contributed by atoms with Gasteiger partial charge in [-0.15, -0.1) is 11.8 Å². The molecule has 104 valence electrons. The number of hydrogen-bond acceptors (Lipinski definition) is 3. The Morgan fingerprint density at radius 3 is 2.70 bits per heavy atom. The second kappa shape index (κ2) is 6.33. The summed E-state index contributed by atoms with van der Waals surface area (Å²) in [5, 5.41) is 0. The summed E-state index contributed by atoms with van der Waals surface area (Å²) in [6.45, 7) is 1.44. The topological polar surface area (TPSA) is 35.2 Å². The van der Waals surface area contributed by atoms with E-state index in [1.807, 2.05) is 17.8 Å². The van der Waals surface area contributed by atoms with Crippen LogP contribution in [-0.2, 0) is 6.54 Å². The van der Waals surface area contributed by atoms with Crippen LogP contribution in [0.2, 0.25) is 0 Å². The summed E-state index contributed by atoms with van der Waals surface area (Å²) in [6.07, 6.45) is 1.10. The zero-order valence-corrected chi connectivity index (χ0v) is 12.2. The molecule has 1 atom stereocenters. The highest BCUT2D eigenvalue weighted by Crippen LogP contribution is 2.36. The number of para-hydroxylation sites is 1. The van der Waals surface area contributed by atoms with Gasteiger partial charge in [-0.1, -0.05) is 30.3 Å². The van der Waals surface area contributed by atoms with Crippen molar-refractivity contribution in [3.8, 4) is 5.75 Å². The monoisotopic (exact) mass is 285 g/mol. The standard InChI is InChI=1S/C17H19NOS/c18-11-13-5-7-15(8-6-13)20-12-14-9-10-19-17-4-2-1-3-16(14)17/h1-8,14H,9-12,18H2. The van der Waals surface area contributed by atoms with E-state index in [0.29, 0.717) is 12.5 Å². The third kappa shape index (κ3) is 3.00. The first kappa shape index (κ1) is 13.5. The van der Waals surface area contributed by atoms with Crippen molar-refractivity contribution < 1.29 is 4.74 Å². The van der Waals surface area contributed by atoms with Gasteiger partial charge in [0.2, 0.25) is 0 Å². The molecular weight excluding hydrogens is 266 g/mol. The molecule has 1 aliphatic rings. The summed E-state index contributed by atoms with van der Waals surface area (Å²) in [5.74, 6) is 2.74. The molecule has 2 N–H and O–H groups in total. The summed E-state index contributed by atoms with van der Waals surface area (Å²) in [6, 6.07) is 17.0. The quantitative estimate of drug-likeness (QED) is 0.868. The van der Waals surface area contributed by atoms with Crippen molar-refractivity contribution in [2.24, 2.45) is 5.73 Å². The lowest BCUT2D eigenvalue weighted by molar-refractivity contribution is 0.273. The van der Waals surface area contributed by atoms with Crippen LogP contribution in [0.4, 0.5) is 0 Å². The van der Waals surface area contributed by atoms with Crippen LogP contribution >= 0.6 is 11.8 Å². The Bertz CT molecular complexity index is 567. The van der Waals surface area contributed by atoms with Gasteiger partial charge in [-0.25, -0.2) is 0 Å². The number of fused-ring (bicyclic) bond motifs is 1. The van der Waals surface area contributed by atoms with E-state index < -0.39 is 0 Å². The summed E-state index contributed by atoms with van der Waals surface area (Å²) < 4.78 is 5.71. The molecule has 20 heavy (non-hydrogen) atoms. The number of hydrogen-bond donors (Lipinski definition) is 1. The molecule has 0 spiro atoms. The van der Waals surface area contributed by atoms with Gasteiger partial charge >= 0.3 is 0 Å². The largest absolute Gasteiger partial charge is 0.493 e. The molecular formula is C17H19NOS. The van der Waals surface area contributed by atoms with Gasteiger partial charge in [-0.05, 0) is 35.7 Å². The maximum Gasteiger partial charge on any atom is 0.122 e. The van der Waals surface area contributed by atoms with Crippen molar-refractivity contribution in [2.75, 3.05) is 12.4 Å². The molecule has 0 aromatic heterocycles. The van der Waals surface area contributed by atoms with Gasteiger partial charge in [0.1, 0.15) is 5.75 Å². The average Bonchev–Trinajstić information content (AvgIpc) is 2.53. The Labute approximate surface area is 124 Å². The maximum absolute atomic E-state index is 5.71. The molecule has 0 aliphatic carbocycles. The van der Waals surface area contributed by atoms with Crippen molar-refractivity contribution in [3.63, 3.8) is 0 Å². The number of benzene rings is 2. The van der Waals surface area contributed by atoms with Crippen molar-refractivity contribution in [1.82, 2.24) is 0 Å². The summed E-state index contributed by atoms with van der Waals surface area (Å²) in [4.78, 5) is 1.31. The Morgan fingerprint density at radius 1 is 1.10 bits per heavy atom. The molecule has 0 radical (unpaired) electrons. The van der Waals surface area contributed by atoms with Gasteiger partial charge in [0, 0.05) is 23.1 Å². The van der Waals surface area contributed by atoms with Gasteiger partial charge in [0.25, 0.3) is 0 Å². The van der Waals surface area contributed by atoms with Crippen LogP contribution in [0.15, 0.2) is 53.4 Å². The predicted octanol–water partition coefficient (Wildman–Crippen LogP) is 3.80. The molecule has 2 nitrogen and oxygen atoms in total. The molecule has 3 rings (SSSR count). The highest BCUT2D eigenvalue weighted by molar-refractivity contribution is 7.99. The van der Waals surface area contributed by atoms with Gasteiger partial charge in [-0.2, -0.15) is 0 Å². The molecule has 2 aromatic rings.